The van der Waals surface area contributed by atoms with Crippen LogP contribution in [0.1, 0.15) is 18.1 Å². The van der Waals surface area contributed by atoms with Crippen molar-refractivity contribution in [3.63, 3.8) is 0 Å². The van der Waals surface area contributed by atoms with E-state index >= 15 is 0 Å². The highest BCUT2D eigenvalue weighted by atomic mass is 19.1. The van der Waals surface area contributed by atoms with E-state index in [-0.39, 0.29) is 24.2 Å². The second kappa shape index (κ2) is 8.82. The van der Waals surface area contributed by atoms with Crippen molar-refractivity contribution in [1.82, 2.24) is 10.2 Å². The molecule has 0 radical (unpaired) electrons. The van der Waals surface area contributed by atoms with Gasteiger partial charge in [0.15, 0.2) is 0 Å². The van der Waals surface area contributed by atoms with Crippen LogP contribution in [0.5, 0.6) is 0 Å². The summed E-state index contributed by atoms with van der Waals surface area (Å²) in [5.74, 6) is -0.693. The van der Waals surface area contributed by atoms with Crippen molar-refractivity contribution in [1.29, 1.82) is 0 Å². The minimum atomic E-state index is -0.277. The summed E-state index contributed by atoms with van der Waals surface area (Å²) in [4.78, 5) is 25.2. The number of nitrogens with one attached hydrogen (secondary N) is 1. The van der Waals surface area contributed by atoms with E-state index in [0.717, 1.165) is 5.56 Å². The zero-order chi connectivity index (χ0) is 17.4. The number of nitrogens with zero attached hydrogens (tertiary/aromatic N) is 1. The molecule has 0 heterocycles. The molecule has 2 rings (SSSR count). The summed E-state index contributed by atoms with van der Waals surface area (Å²) in [6, 6.07) is 16.0. The van der Waals surface area contributed by atoms with Crippen LogP contribution in [0, 0.1) is 5.82 Å². The van der Waals surface area contributed by atoms with E-state index in [1.54, 1.807) is 18.2 Å². The largest absolute Gasteiger partial charge is 0.354 e. The zero-order valence-corrected chi connectivity index (χ0v) is 13.7. The molecule has 0 fully saturated rings. The Labute approximate surface area is 141 Å². The quantitative estimate of drug-likeness (QED) is 0.849. The number of carbonyl (C=O) groups excluding carboxylic acids is 2. The van der Waals surface area contributed by atoms with Gasteiger partial charge in [-0.3, -0.25) is 9.59 Å². The van der Waals surface area contributed by atoms with Crippen LogP contribution in [0.4, 0.5) is 4.39 Å². The van der Waals surface area contributed by atoms with Crippen molar-refractivity contribution >= 4 is 11.8 Å². The van der Waals surface area contributed by atoms with Gasteiger partial charge in [-0.05, 0) is 23.6 Å². The molecule has 0 aliphatic rings. The molecule has 0 spiro atoms. The number of rotatable bonds is 7. The van der Waals surface area contributed by atoms with Crippen LogP contribution < -0.4 is 5.32 Å². The van der Waals surface area contributed by atoms with Gasteiger partial charge in [-0.1, -0.05) is 48.5 Å². The first-order chi connectivity index (χ1) is 11.6. The summed E-state index contributed by atoms with van der Waals surface area (Å²) in [5.41, 5.74) is 1.53. The number of carbonyl (C=O) groups is 2. The Kier molecular flexibility index (Phi) is 6.49. The molecule has 0 unspecified atom stereocenters. The van der Waals surface area contributed by atoms with Crippen molar-refractivity contribution in [2.75, 3.05) is 13.1 Å². The average molecular weight is 328 g/mol. The first kappa shape index (κ1) is 17.7. The normalized spacial score (nSPS) is 10.2. The smallest absolute Gasteiger partial charge is 0.239 e. The average Bonchev–Trinajstić information content (AvgIpc) is 2.57. The molecular weight excluding hydrogens is 307 g/mol. The SMILES string of the molecule is CC(=O)N(CC(=O)NCCc1ccccc1F)Cc1ccccc1. The van der Waals surface area contributed by atoms with Crippen molar-refractivity contribution < 1.29 is 14.0 Å². The Morgan fingerprint density at radius 2 is 1.71 bits per heavy atom. The molecule has 1 N–H and O–H groups in total. The standard InChI is InChI=1S/C19H21FN2O2/c1-15(23)22(13-16-7-3-2-4-8-16)14-19(24)21-12-11-17-9-5-6-10-18(17)20/h2-10H,11-14H2,1H3,(H,21,24). The van der Waals surface area contributed by atoms with Crippen LogP contribution in [0.25, 0.3) is 0 Å². The van der Waals surface area contributed by atoms with Crippen LogP contribution in [0.15, 0.2) is 54.6 Å². The first-order valence-electron chi connectivity index (χ1n) is 7.86. The molecule has 0 bridgehead atoms. The van der Waals surface area contributed by atoms with Gasteiger partial charge >= 0.3 is 0 Å². The molecule has 0 saturated heterocycles. The molecule has 4 nitrogen and oxygen atoms in total. The summed E-state index contributed by atoms with van der Waals surface area (Å²) >= 11 is 0. The van der Waals surface area contributed by atoms with Gasteiger partial charge in [0.25, 0.3) is 0 Å². The third-order valence-electron chi connectivity index (χ3n) is 3.67. The first-order valence-corrected chi connectivity index (χ1v) is 7.86. The highest BCUT2D eigenvalue weighted by Crippen LogP contribution is 2.07. The molecule has 0 atom stereocenters. The van der Waals surface area contributed by atoms with E-state index in [1.807, 2.05) is 30.3 Å². The maximum absolute atomic E-state index is 13.5. The van der Waals surface area contributed by atoms with E-state index in [4.69, 9.17) is 0 Å². The van der Waals surface area contributed by atoms with Gasteiger partial charge in [-0.15, -0.1) is 0 Å². The number of hydrogen-bond donors (Lipinski definition) is 1. The van der Waals surface area contributed by atoms with E-state index in [2.05, 4.69) is 5.32 Å². The minimum absolute atomic E-state index is 0.0124. The second-order valence-corrected chi connectivity index (χ2v) is 5.55. The van der Waals surface area contributed by atoms with E-state index in [1.165, 1.54) is 17.9 Å². The molecule has 2 aromatic rings. The molecule has 0 saturated carbocycles. The summed E-state index contributed by atoms with van der Waals surface area (Å²) < 4.78 is 13.5. The van der Waals surface area contributed by atoms with Crippen LogP contribution in [-0.4, -0.2) is 29.8 Å². The Hall–Kier alpha value is -2.69. The van der Waals surface area contributed by atoms with E-state index in [9.17, 15) is 14.0 Å². The Balaban J connectivity index is 1.82. The second-order valence-electron chi connectivity index (χ2n) is 5.55. The van der Waals surface area contributed by atoms with Crippen molar-refractivity contribution in [3.05, 3.63) is 71.5 Å². The summed E-state index contributed by atoms with van der Waals surface area (Å²) in [6.45, 7) is 2.14. The third-order valence-corrected chi connectivity index (χ3v) is 3.67. The van der Waals surface area contributed by atoms with Crippen LogP contribution in [-0.2, 0) is 22.6 Å². The van der Waals surface area contributed by atoms with Gasteiger partial charge in [-0.2, -0.15) is 0 Å². The van der Waals surface area contributed by atoms with E-state index < -0.39 is 0 Å². The molecule has 2 aromatic carbocycles. The third kappa shape index (κ3) is 5.50. The van der Waals surface area contributed by atoms with Gasteiger partial charge in [0, 0.05) is 20.0 Å². The Morgan fingerprint density at radius 3 is 2.38 bits per heavy atom. The number of amides is 2. The molecular formula is C19H21FN2O2. The van der Waals surface area contributed by atoms with Crippen LogP contribution in [0.2, 0.25) is 0 Å². The van der Waals surface area contributed by atoms with Crippen LogP contribution in [0.3, 0.4) is 0 Å². The van der Waals surface area contributed by atoms with Crippen molar-refractivity contribution in [2.24, 2.45) is 0 Å². The lowest BCUT2D eigenvalue weighted by Crippen LogP contribution is -2.39. The molecule has 0 aliphatic carbocycles. The maximum atomic E-state index is 13.5. The lowest BCUT2D eigenvalue weighted by atomic mass is 10.1. The number of hydrogen-bond acceptors (Lipinski definition) is 2. The molecule has 5 heteroatoms. The summed E-state index contributed by atoms with van der Waals surface area (Å²) in [6.07, 6.45) is 0.414. The highest BCUT2D eigenvalue weighted by molar-refractivity contribution is 5.83. The van der Waals surface area contributed by atoms with Gasteiger partial charge < -0.3 is 10.2 Å². The molecule has 0 aromatic heterocycles. The van der Waals surface area contributed by atoms with Crippen molar-refractivity contribution in [3.8, 4) is 0 Å². The number of benzene rings is 2. The van der Waals surface area contributed by atoms with Gasteiger partial charge in [0.2, 0.25) is 11.8 Å². The predicted molar refractivity (Wildman–Crippen MR) is 90.6 cm³/mol. The Bertz CT molecular complexity index is 689. The van der Waals surface area contributed by atoms with Crippen LogP contribution >= 0.6 is 0 Å². The van der Waals surface area contributed by atoms with Gasteiger partial charge in [0.05, 0.1) is 6.54 Å². The van der Waals surface area contributed by atoms with Gasteiger partial charge in [-0.25, -0.2) is 4.39 Å². The summed E-state index contributed by atoms with van der Waals surface area (Å²) in [5, 5.41) is 2.73. The molecule has 2 amide bonds. The predicted octanol–water partition coefficient (Wildman–Crippen LogP) is 2.53. The fourth-order valence-electron chi connectivity index (χ4n) is 2.35. The van der Waals surface area contributed by atoms with Gasteiger partial charge in [0.1, 0.15) is 5.82 Å². The lowest BCUT2D eigenvalue weighted by Gasteiger charge is -2.20. The molecule has 0 aliphatic heterocycles. The fraction of sp³-hybridized carbons (Fsp3) is 0.263. The maximum Gasteiger partial charge on any atom is 0.239 e. The minimum Gasteiger partial charge on any atom is -0.354 e. The fourth-order valence-corrected chi connectivity index (χ4v) is 2.35. The summed E-state index contributed by atoms with van der Waals surface area (Å²) in [7, 11) is 0. The highest BCUT2D eigenvalue weighted by Gasteiger charge is 2.14. The monoisotopic (exact) mass is 328 g/mol. The number of halogens is 1. The lowest BCUT2D eigenvalue weighted by molar-refractivity contribution is -0.134. The van der Waals surface area contributed by atoms with Crippen molar-refractivity contribution in [2.45, 2.75) is 19.9 Å². The zero-order valence-electron chi connectivity index (χ0n) is 13.7. The molecule has 24 heavy (non-hydrogen) atoms. The van der Waals surface area contributed by atoms with E-state index in [0.29, 0.717) is 25.1 Å². The topological polar surface area (TPSA) is 49.4 Å². The Morgan fingerprint density at radius 1 is 1.04 bits per heavy atom. The molecule has 126 valence electrons.